The summed E-state index contributed by atoms with van der Waals surface area (Å²) in [6.45, 7) is 2.20. The van der Waals surface area contributed by atoms with Crippen molar-refractivity contribution < 1.29 is 0 Å². The fourth-order valence-electron chi connectivity index (χ4n) is 2.43. The molecule has 0 saturated heterocycles. The molecule has 2 aromatic rings. The summed E-state index contributed by atoms with van der Waals surface area (Å²) in [4.78, 5) is 13.2. The Balaban J connectivity index is 1.92. The lowest BCUT2D eigenvalue weighted by Crippen LogP contribution is -2.44. The number of hydrogen-bond acceptors (Lipinski definition) is 6. The Labute approximate surface area is 117 Å². The fourth-order valence-corrected chi connectivity index (χ4v) is 2.43. The van der Waals surface area contributed by atoms with Gasteiger partial charge in [0.15, 0.2) is 0 Å². The Morgan fingerprint density at radius 1 is 1.25 bits per heavy atom. The number of nitrogens with zero attached hydrogens (tertiary/aromatic N) is 5. The third-order valence-electron chi connectivity index (χ3n) is 3.92. The Kier molecular flexibility index (Phi) is 3.25. The average Bonchev–Trinajstić information content (AvgIpc) is 2.96. The van der Waals surface area contributed by atoms with Crippen molar-refractivity contribution in [3.05, 3.63) is 18.5 Å². The smallest absolute Gasteiger partial charge is 0.257 e. The predicted molar refractivity (Wildman–Crippen MR) is 77.0 cm³/mol. The molecule has 106 valence electrons. The van der Waals surface area contributed by atoms with Gasteiger partial charge in [-0.25, -0.2) is 4.68 Å². The van der Waals surface area contributed by atoms with E-state index in [-0.39, 0.29) is 5.54 Å². The standard InChI is InChI=1S/C13H19N7/c1-3-13(6-4-7-13)19-11-16-10(14-2)17-12(18-11)20-9-5-8-15-20/h5,8-9H,3-4,6-7H2,1-2H3,(H2,14,16,17,18,19). The monoisotopic (exact) mass is 273 g/mol. The summed E-state index contributed by atoms with van der Waals surface area (Å²) < 4.78 is 1.63. The van der Waals surface area contributed by atoms with Gasteiger partial charge in [-0.3, -0.25) is 0 Å². The summed E-state index contributed by atoms with van der Waals surface area (Å²) in [5.74, 6) is 1.66. The van der Waals surface area contributed by atoms with Crippen LogP contribution >= 0.6 is 0 Å². The van der Waals surface area contributed by atoms with E-state index in [1.807, 2.05) is 12.3 Å². The minimum atomic E-state index is 0.147. The highest BCUT2D eigenvalue weighted by Crippen LogP contribution is 2.37. The topological polar surface area (TPSA) is 80.5 Å². The zero-order valence-electron chi connectivity index (χ0n) is 11.8. The molecule has 3 rings (SSSR count). The SMILES string of the molecule is CCC1(Nc2nc(NC)nc(-n3cccn3)n2)CCC1. The fraction of sp³-hybridized carbons (Fsp3) is 0.538. The summed E-state index contributed by atoms with van der Waals surface area (Å²) in [6, 6.07) is 1.84. The van der Waals surface area contributed by atoms with Gasteiger partial charge in [0.05, 0.1) is 0 Å². The third-order valence-corrected chi connectivity index (χ3v) is 3.92. The van der Waals surface area contributed by atoms with Crippen LogP contribution in [-0.4, -0.2) is 37.3 Å². The maximum Gasteiger partial charge on any atom is 0.257 e. The van der Waals surface area contributed by atoms with Gasteiger partial charge in [-0.2, -0.15) is 20.1 Å². The van der Waals surface area contributed by atoms with E-state index in [9.17, 15) is 0 Å². The Morgan fingerprint density at radius 3 is 2.60 bits per heavy atom. The minimum absolute atomic E-state index is 0.147. The van der Waals surface area contributed by atoms with Gasteiger partial charge < -0.3 is 10.6 Å². The first-order valence-corrected chi connectivity index (χ1v) is 6.97. The molecule has 7 nitrogen and oxygen atoms in total. The Morgan fingerprint density at radius 2 is 2.05 bits per heavy atom. The first-order valence-electron chi connectivity index (χ1n) is 6.97. The van der Waals surface area contributed by atoms with Gasteiger partial charge in [-0.05, 0) is 31.7 Å². The van der Waals surface area contributed by atoms with Gasteiger partial charge >= 0.3 is 0 Å². The van der Waals surface area contributed by atoms with E-state index in [4.69, 9.17) is 0 Å². The van der Waals surface area contributed by atoms with E-state index in [2.05, 4.69) is 37.6 Å². The Bertz CT molecular complexity index is 569. The molecule has 0 bridgehead atoms. The zero-order chi connectivity index (χ0) is 14.0. The number of nitrogens with one attached hydrogen (secondary N) is 2. The van der Waals surface area contributed by atoms with Crippen LogP contribution in [-0.2, 0) is 0 Å². The van der Waals surface area contributed by atoms with Crippen molar-refractivity contribution in [2.45, 2.75) is 38.1 Å². The molecular formula is C13H19N7. The van der Waals surface area contributed by atoms with Crippen LogP contribution in [0.25, 0.3) is 5.95 Å². The molecule has 7 heteroatoms. The molecule has 1 aliphatic carbocycles. The minimum Gasteiger partial charge on any atom is -0.357 e. The Hall–Kier alpha value is -2.18. The molecule has 0 unspecified atom stereocenters. The second kappa shape index (κ2) is 5.07. The van der Waals surface area contributed by atoms with Crippen molar-refractivity contribution in [3.8, 4) is 5.95 Å². The van der Waals surface area contributed by atoms with Crippen LogP contribution in [0.2, 0.25) is 0 Å². The molecule has 0 aliphatic heterocycles. The lowest BCUT2D eigenvalue weighted by molar-refractivity contribution is 0.268. The second-order valence-corrected chi connectivity index (χ2v) is 5.10. The first kappa shape index (κ1) is 12.8. The molecular weight excluding hydrogens is 254 g/mol. The summed E-state index contributed by atoms with van der Waals surface area (Å²) >= 11 is 0. The molecule has 0 atom stereocenters. The molecule has 0 radical (unpaired) electrons. The van der Waals surface area contributed by atoms with Crippen LogP contribution in [0, 0.1) is 0 Å². The van der Waals surface area contributed by atoms with Crippen LogP contribution in [0.15, 0.2) is 18.5 Å². The molecule has 20 heavy (non-hydrogen) atoms. The van der Waals surface area contributed by atoms with Crippen LogP contribution in [0.5, 0.6) is 0 Å². The maximum absolute atomic E-state index is 4.47. The summed E-state index contributed by atoms with van der Waals surface area (Å²) in [6.07, 6.45) is 8.19. The number of hydrogen-bond donors (Lipinski definition) is 2. The zero-order valence-corrected chi connectivity index (χ0v) is 11.8. The lowest BCUT2D eigenvalue weighted by atomic mass is 9.75. The molecule has 0 aromatic carbocycles. The van der Waals surface area contributed by atoms with E-state index in [0.29, 0.717) is 17.8 Å². The molecule has 1 saturated carbocycles. The third kappa shape index (κ3) is 2.31. The van der Waals surface area contributed by atoms with Gasteiger partial charge in [0.1, 0.15) is 0 Å². The highest BCUT2D eigenvalue weighted by molar-refractivity contribution is 5.40. The summed E-state index contributed by atoms with van der Waals surface area (Å²) in [5.41, 5.74) is 0.147. The van der Waals surface area contributed by atoms with Crippen molar-refractivity contribution in [1.29, 1.82) is 0 Å². The molecule has 1 fully saturated rings. The van der Waals surface area contributed by atoms with Crippen LogP contribution in [0.3, 0.4) is 0 Å². The van der Waals surface area contributed by atoms with Crippen molar-refractivity contribution in [2.75, 3.05) is 17.7 Å². The van der Waals surface area contributed by atoms with Crippen LogP contribution in [0.4, 0.5) is 11.9 Å². The average molecular weight is 273 g/mol. The number of aromatic nitrogens is 5. The maximum atomic E-state index is 4.47. The van der Waals surface area contributed by atoms with Crippen molar-refractivity contribution >= 4 is 11.9 Å². The predicted octanol–water partition coefficient (Wildman–Crippen LogP) is 1.84. The van der Waals surface area contributed by atoms with Crippen molar-refractivity contribution in [2.24, 2.45) is 0 Å². The second-order valence-electron chi connectivity index (χ2n) is 5.10. The van der Waals surface area contributed by atoms with E-state index in [1.54, 1.807) is 17.9 Å². The molecule has 2 aromatic heterocycles. The molecule has 2 N–H and O–H groups in total. The molecule has 2 heterocycles. The van der Waals surface area contributed by atoms with E-state index < -0.39 is 0 Å². The molecule has 0 spiro atoms. The van der Waals surface area contributed by atoms with E-state index >= 15 is 0 Å². The summed E-state index contributed by atoms with van der Waals surface area (Å²) in [5, 5.41) is 10.6. The van der Waals surface area contributed by atoms with Crippen molar-refractivity contribution in [3.63, 3.8) is 0 Å². The van der Waals surface area contributed by atoms with Crippen molar-refractivity contribution in [1.82, 2.24) is 24.7 Å². The van der Waals surface area contributed by atoms with E-state index in [1.165, 1.54) is 19.3 Å². The van der Waals surface area contributed by atoms with Crippen LogP contribution in [0.1, 0.15) is 32.6 Å². The largest absolute Gasteiger partial charge is 0.357 e. The highest BCUT2D eigenvalue weighted by Gasteiger charge is 2.35. The number of anilines is 2. The van der Waals surface area contributed by atoms with Gasteiger partial charge in [-0.15, -0.1) is 0 Å². The van der Waals surface area contributed by atoms with Crippen LogP contribution < -0.4 is 10.6 Å². The number of rotatable bonds is 5. The van der Waals surface area contributed by atoms with Gasteiger partial charge in [0, 0.05) is 25.0 Å². The van der Waals surface area contributed by atoms with Gasteiger partial charge in [0.2, 0.25) is 11.9 Å². The lowest BCUT2D eigenvalue weighted by Gasteiger charge is -2.42. The van der Waals surface area contributed by atoms with E-state index in [0.717, 1.165) is 6.42 Å². The normalized spacial score (nSPS) is 16.5. The quantitative estimate of drug-likeness (QED) is 0.865. The molecule has 0 amide bonds. The molecule has 1 aliphatic rings. The summed E-state index contributed by atoms with van der Waals surface area (Å²) in [7, 11) is 1.80. The van der Waals surface area contributed by atoms with Gasteiger partial charge in [-0.1, -0.05) is 6.92 Å². The first-order chi connectivity index (χ1) is 9.74. The highest BCUT2D eigenvalue weighted by atomic mass is 15.4. The van der Waals surface area contributed by atoms with Gasteiger partial charge in [0.25, 0.3) is 5.95 Å².